The minimum absolute atomic E-state index is 0.0926. The van der Waals surface area contributed by atoms with E-state index in [1.807, 2.05) is 12.1 Å². The number of carbonyl (C=O) groups is 2. The second-order valence-electron chi connectivity index (χ2n) is 10.9. The zero-order chi connectivity index (χ0) is 30.3. The van der Waals surface area contributed by atoms with Crippen molar-refractivity contribution in [1.82, 2.24) is 10.2 Å². The Bertz CT molecular complexity index is 1220. The van der Waals surface area contributed by atoms with Crippen LogP contribution in [-0.4, -0.2) is 70.6 Å². The number of hydrogen-bond acceptors (Lipinski definition) is 8. The van der Waals surface area contributed by atoms with E-state index in [4.69, 9.17) is 20.3 Å². The molecule has 1 aliphatic heterocycles. The van der Waals surface area contributed by atoms with E-state index < -0.39 is 23.4 Å². The molecule has 1 fully saturated rings. The number of guanidine groups is 1. The third-order valence-corrected chi connectivity index (χ3v) is 6.32. The molecule has 13 heteroatoms. The van der Waals surface area contributed by atoms with Crippen LogP contribution in [0, 0.1) is 0 Å². The van der Waals surface area contributed by atoms with E-state index in [-0.39, 0.29) is 17.5 Å². The van der Waals surface area contributed by atoms with E-state index in [1.54, 1.807) is 70.7 Å². The Kier molecular flexibility index (Phi) is 11.5. The Labute approximate surface area is 251 Å². The van der Waals surface area contributed by atoms with Gasteiger partial charge in [-0.15, -0.1) is 4.99 Å². The molecule has 2 amide bonds. The molecule has 0 atom stereocenters. The molecule has 0 spiro atoms. The van der Waals surface area contributed by atoms with Crippen LogP contribution >= 0.6 is 31.9 Å². The van der Waals surface area contributed by atoms with Gasteiger partial charge in [0, 0.05) is 37.6 Å². The smallest absolute Gasteiger partial charge is 0.437 e. The quantitative estimate of drug-likeness (QED) is 0.126. The van der Waals surface area contributed by atoms with Gasteiger partial charge in [0.15, 0.2) is 0 Å². The lowest BCUT2D eigenvalue weighted by molar-refractivity contribution is 0.0554. The number of ether oxygens (including phenoxy) is 2. The molecule has 11 nitrogen and oxygen atoms in total. The first kappa shape index (κ1) is 33.0. The number of piperazine rings is 1. The number of alkyl carbamates (subject to hydrolysis) is 1. The summed E-state index contributed by atoms with van der Waals surface area (Å²) in [5.41, 5.74) is 5.58. The number of nitrogens with one attached hydrogen (secondary N) is 1. The predicted octanol–water partition coefficient (Wildman–Crippen LogP) is 5.83. The molecule has 0 aliphatic carbocycles. The van der Waals surface area contributed by atoms with Gasteiger partial charge in [-0.1, -0.05) is 0 Å². The average Bonchev–Trinajstić information content (AvgIpc) is 2.81. The molecule has 1 aliphatic rings. The minimum atomic E-state index is -0.788. The van der Waals surface area contributed by atoms with Crippen LogP contribution in [0.3, 0.4) is 0 Å². The maximum Gasteiger partial charge on any atom is 0.437 e. The monoisotopic (exact) mass is 685 g/mol. The highest BCUT2D eigenvalue weighted by molar-refractivity contribution is 9.10. The van der Waals surface area contributed by atoms with Gasteiger partial charge in [0.1, 0.15) is 22.7 Å². The lowest BCUT2D eigenvalue weighted by atomic mass is 10.2. The molecule has 0 aromatic heterocycles. The summed E-state index contributed by atoms with van der Waals surface area (Å²) in [5.74, 6) is 0.481. The minimum Gasteiger partial charge on any atom is -0.507 e. The number of rotatable bonds is 1. The highest BCUT2D eigenvalue weighted by Gasteiger charge is 2.26. The maximum absolute atomic E-state index is 12.3. The van der Waals surface area contributed by atoms with Gasteiger partial charge in [-0.2, -0.15) is 0 Å². The highest BCUT2D eigenvalue weighted by Crippen LogP contribution is 2.29. The molecular formula is C27H37Br2N5O6. The van der Waals surface area contributed by atoms with E-state index in [0.29, 0.717) is 40.8 Å². The van der Waals surface area contributed by atoms with Gasteiger partial charge in [-0.3, -0.25) is 5.32 Å². The third-order valence-electron chi connectivity index (χ3n) is 5.05. The summed E-state index contributed by atoms with van der Waals surface area (Å²) in [4.78, 5) is 32.5. The van der Waals surface area contributed by atoms with E-state index >= 15 is 0 Å². The number of nitrogens with zero attached hydrogens (tertiary/aromatic N) is 3. The van der Waals surface area contributed by atoms with E-state index in [2.05, 4.69) is 47.1 Å². The summed E-state index contributed by atoms with van der Waals surface area (Å²) in [6.45, 7) is 12.8. The summed E-state index contributed by atoms with van der Waals surface area (Å²) in [6, 6.07) is 10.1. The summed E-state index contributed by atoms with van der Waals surface area (Å²) in [7, 11) is 0. The Hall–Kier alpha value is -3.19. The lowest BCUT2D eigenvalue weighted by Crippen LogP contribution is -2.54. The third kappa shape index (κ3) is 11.5. The number of anilines is 2. The number of benzene rings is 2. The predicted molar refractivity (Wildman–Crippen MR) is 163 cm³/mol. The van der Waals surface area contributed by atoms with Crippen molar-refractivity contribution in [1.29, 1.82) is 0 Å². The second kappa shape index (κ2) is 13.9. The fourth-order valence-electron chi connectivity index (χ4n) is 3.34. The molecule has 0 saturated carbocycles. The van der Waals surface area contributed by atoms with E-state index in [9.17, 15) is 14.7 Å². The first-order valence-electron chi connectivity index (χ1n) is 12.5. The Balaban J connectivity index is 0.000000526. The molecular weight excluding hydrogens is 650 g/mol. The summed E-state index contributed by atoms with van der Waals surface area (Å²) >= 11 is 6.45. The molecule has 40 heavy (non-hydrogen) atoms. The van der Waals surface area contributed by atoms with Gasteiger partial charge in [0.25, 0.3) is 0 Å². The number of nitrogens with two attached hydrogens (primary N) is 1. The molecule has 0 bridgehead atoms. The van der Waals surface area contributed by atoms with Crippen molar-refractivity contribution in [3.05, 3.63) is 45.3 Å². The van der Waals surface area contributed by atoms with Gasteiger partial charge in [0.05, 0.1) is 8.95 Å². The van der Waals surface area contributed by atoms with E-state index in [0.717, 1.165) is 5.69 Å². The summed E-state index contributed by atoms with van der Waals surface area (Å²) in [6.07, 6.45) is -1.48. The standard InChI is InChI=1S/C21H31BrN4O5.C6H6BrNO/c1-20(2,3)30-18(28)23-17(24-19(29)31-21(4,5)6)26-11-9-25(10-12-26)14-7-8-16(27)15(22)13-14;7-5-3-4(8)1-2-6(5)9/h7-8,13,27H,9-12H2,1-6H3,(H,23,24,28,29);1-3,9H,8H2. The molecule has 220 valence electrons. The van der Waals surface area contributed by atoms with Crippen LogP contribution < -0.4 is 16.0 Å². The first-order valence-corrected chi connectivity index (χ1v) is 14.1. The summed E-state index contributed by atoms with van der Waals surface area (Å²) in [5, 5.41) is 21.2. The summed E-state index contributed by atoms with van der Waals surface area (Å²) < 4.78 is 11.8. The normalized spacial score (nSPS) is 14.2. The Morgan fingerprint density at radius 1 is 0.875 bits per heavy atom. The fourth-order valence-corrected chi connectivity index (χ4v) is 4.10. The zero-order valence-electron chi connectivity index (χ0n) is 23.5. The van der Waals surface area contributed by atoms with Crippen molar-refractivity contribution < 1.29 is 29.3 Å². The van der Waals surface area contributed by atoms with Crippen molar-refractivity contribution in [3.63, 3.8) is 0 Å². The molecule has 3 rings (SSSR count). The number of phenolic OH excluding ortho intramolecular Hbond substituents is 2. The molecule has 2 aromatic rings. The Morgan fingerprint density at radius 3 is 1.88 bits per heavy atom. The number of aromatic hydroxyl groups is 2. The van der Waals surface area contributed by atoms with Gasteiger partial charge in [-0.25, -0.2) is 9.59 Å². The molecule has 5 N–H and O–H groups in total. The van der Waals surface area contributed by atoms with Crippen molar-refractivity contribution in [2.75, 3.05) is 36.8 Å². The maximum atomic E-state index is 12.3. The average molecular weight is 687 g/mol. The number of aliphatic imine (C=N–C) groups is 1. The number of nitrogen functional groups attached to an aromatic ring is 1. The van der Waals surface area contributed by atoms with Crippen LogP contribution in [-0.2, 0) is 9.47 Å². The molecule has 0 unspecified atom stereocenters. The van der Waals surface area contributed by atoms with Crippen LogP contribution in [0.15, 0.2) is 50.3 Å². The van der Waals surface area contributed by atoms with Crippen molar-refractivity contribution >= 4 is 61.4 Å². The fraction of sp³-hybridized carbons (Fsp3) is 0.444. The number of amides is 2. The highest BCUT2D eigenvalue weighted by atomic mass is 79.9. The van der Waals surface area contributed by atoms with Crippen LogP contribution in [0.25, 0.3) is 0 Å². The van der Waals surface area contributed by atoms with Gasteiger partial charge >= 0.3 is 12.2 Å². The molecule has 0 radical (unpaired) electrons. The SMILES string of the molecule is CC(C)(C)OC(=O)N=C(NC(=O)OC(C)(C)C)N1CCN(c2ccc(O)c(Br)c2)CC1.Nc1ccc(O)c(Br)c1. The van der Waals surface area contributed by atoms with Crippen molar-refractivity contribution in [2.24, 2.45) is 4.99 Å². The molecule has 1 saturated heterocycles. The number of hydrogen-bond donors (Lipinski definition) is 4. The number of halogens is 2. The zero-order valence-corrected chi connectivity index (χ0v) is 26.7. The first-order chi connectivity index (χ1) is 18.4. The van der Waals surface area contributed by atoms with Crippen LogP contribution in [0.5, 0.6) is 11.5 Å². The second-order valence-corrected chi connectivity index (χ2v) is 12.6. The van der Waals surface area contributed by atoms with Crippen LogP contribution in [0.4, 0.5) is 21.0 Å². The van der Waals surface area contributed by atoms with Crippen molar-refractivity contribution in [3.8, 4) is 11.5 Å². The number of phenols is 2. The van der Waals surface area contributed by atoms with Crippen LogP contribution in [0.1, 0.15) is 41.5 Å². The number of carbonyl (C=O) groups excluding carboxylic acids is 2. The topological polar surface area (TPSA) is 150 Å². The largest absolute Gasteiger partial charge is 0.507 e. The Morgan fingerprint density at radius 2 is 1.40 bits per heavy atom. The van der Waals surface area contributed by atoms with Gasteiger partial charge < -0.3 is 35.2 Å². The van der Waals surface area contributed by atoms with E-state index in [1.165, 1.54) is 0 Å². The lowest BCUT2D eigenvalue weighted by Gasteiger charge is -2.37. The van der Waals surface area contributed by atoms with Crippen molar-refractivity contribution in [2.45, 2.75) is 52.7 Å². The van der Waals surface area contributed by atoms with Crippen LogP contribution in [0.2, 0.25) is 0 Å². The van der Waals surface area contributed by atoms with Gasteiger partial charge in [0.2, 0.25) is 5.96 Å². The molecule has 2 aromatic carbocycles. The molecule has 1 heterocycles. The van der Waals surface area contributed by atoms with Gasteiger partial charge in [-0.05, 0) is 110 Å².